The van der Waals surface area contributed by atoms with E-state index >= 15 is 0 Å². The van der Waals surface area contributed by atoms with Crippen molar-refractivity contribution >= 4 is 17.8 Å². The molecule has 0 saturated carbocycles. The zero-order chi connectivity index (χ0) is 17.4. The molecule has 0 fully saturated rings. The molecule has 0 aliphatic carbocycles. The first-order valence-electron chi connectivity index (χ1n) is 7.24. The fourth-order valence-electron chi connectivity index (χ4n) is 1.91. The first kappa shape index (κ1) is 18.5. The summed E-state index contributed by atoms with van der Waals surface area (Å²) in [6, 6.07) is 5.60. The van der Waals surface area contributed by atoms with Crippen molar-refractivity contribution in [3.63, 3.8) is 0 Å². The first-order valence-corrected chi connectivity index (χ1v) is 7.24. The molecule has 1 aromatic rings. The molecule has 0 radical (unpaired) electrons. The molecule has 1 rings (SSSR count). The molecular formula is C16H22N2O5. The third kappa shape index (κ3) is 6.82. The maximum atomic E-state index is 11.5. The molecule has 0 unspecified atom stereocenters. The maximum absolute atomic E-state index is 11.5. The minimum absolute atomic E-state index is 0.298. The Morgan fingerprint density at radius 2 is 1.83 bits per heavy atom. The molecule has 2 N–H and O–H groups in total. The summed E-state index contributed by atoms with van der Waals surface area (Å²) in [5, 5.41) is 0. The molecule has 0 spiro atoms. The molecule has 0 bridgehead atoms. The van der Waals surface area contributed by atoms with Gasteiger partial charge in [-0.25, -0.2) is 4.79 Å². The van der Waals surface area contributed by atoms with E-state index < -0.39 is 24.4 Å². The van der Waals surface area contributed by atoms with Crippen molar-refractivity contribution in [2.24, 2.45) is 0 Å². The van der Waals surface area contributed by atoms with Gasteiger partial charge in [0.05, 0.1) is 0 Å². The third-order valence-corrected chi connectivity index (χ3v) is 2.96. The van der Waals surface area contributed by atoms with Gasteiger partial charge in [0.1, 0.15) is 5.75 Å². The van der Waals surface area contributed by atoms with Crippen molar-refractivity contribution < 1.29 is 23.9 Å². The molecule has 1 aromatic carbocycles. The lowest BCUT2D eigenvalue weighted by Crippen LogP contribution is -2.42. The molecule has 7 nitrogen and oxygen atoms in total. The van der Waals surface area contributed by atoms with E-state index in [0.29, 0.717) is 11.7 Å². The van der Waals surface area contributed by atoms with Gasteiger partial charge < -0.3 is 9.47 Å². The molecule has 2 amide bonds. The van der Waals surface area contributed by atoms with Crippen LogP contribution in [0.25, 0.3) is 0 Å². The number of benzene rings is 1. The van der Waals surface area contributed by atoms with Gasteiger partial charge in [-0.1, -0.05) is 19.9 Å². The number of amides is 2. The van der Waals surface area contributed by atoms with Gasteiger partial charge >= 0.3 is 5.97 Å². The van der Waals surface area contributed by atoms with Gasteiger partial charge in [0.15, 0.2) is 13.2 Å². The Bertz CT molecular complexity index is 584. The van der Waals surface area contributed by atoms with Crippen LogP contribution in [0.2, 0.25) is 0 Å². The minimum atomic E-state index is -0.673. The minimum Gasteiger partial charge on any atom is -0.482 e. The molecule has 23 heavy (non-hydrogen) atoms. The summed E-state index contributed by atoms with van der Waals surface area (Å²) in [7, 11) is 0. The molecule has 0 saturated heterocycles. The zero-order valence-corrected chi connectivity index (χ0v) is 13.8. The second kappa shape index (κ2) is 8.77. The quantitative estimate of drug-likeness (QED) is 0.606. The number of nitrogens with one attached hydrogen (secondary N) is 2. The van der Waals surface area contributed by atoms with Crippen molar-refractivity contribution in [1.29, 1.82) is 0 Å². The number of carbonyl (C=O) groups is 3. The SMILES string of the molecule is CC(=O)NNC(=O)COC(=O)COc1ccc(C(C)C)c(C)c1. The maximum Gasteiger partial charge on any atom is 0.344 e. The van der Waals surface area contributed by atoms with Crippen LogP contribution in [0.15, 0.2) is 18.2 Å². The number of ether oxygens (including phenoxy) is 2. The van der Waals surface area contributed by atoms with Crippen molar-refractivity contribution in [3.05, 3.63) is 29.3 Å². The van der Waals surface area contributed by atoms with Crippen LogP contribution in [0.5, 0.6) is 5.75 Å². The lowest BCUT2D eigenvalue weighted by Gasteiger charge is -2.12. The van der Waals surface area contributed by atoms with Gasteiger partial charge in [-0.05, 0) is 36.1 Å². The third-order valence-electron chi connectivity index (χ3n) is 2.96. The summed E-state index contributed by atoms with van der Waals surface area (Å²) in [4.78, 5) is 33.3. The van der Waals surface area contributed by atoms with E-state index in [4.69, 9.17) is 9.47 Å². The zero-order valence-electron chi connectivity index (χ0n) is 13.8. The molecule has 0 aliphatic heterocycles. The number of hydrazine groups is 1. The smallest absolute Gasteiger partial charge is 0.344 e. The molecule has 126 valence electrons. The van der Waals surface area contributed by atoms with E-state index in [1.807, 2.05) is 19.1 Å². The highest BCUT2D eigenvalue weighted by molar-refractivity contribution is 5.83. The average molecular weight is 322 g/mol. The topological polar surface area (TPSA) is 93.7 Å². The van der Waals surface area contributed by atoms with Crippen LogP contribution in [0.1, 0.15) is 37.8 Å². The highest BCUT2D eigenvalue weighted by Gasteiger charge is 2.10. The number of hydrogen-bond donors (Lipinski definition) is 2. The fraction of sp³-hybridized carbons (Fsp3) is 0.438. The van der Waals surface area contributed by atoms with E-state index in [2.05, 4.69) is 24.7 Å². The lowest BCUT2D eigenvalue weighted by atomic mass is 9.98. The van der Waals surface area contributed by atoms with Gasteiger partial charge in [-0.2, -0.15) is 0 Å². The van der Waals surface area contributed by atoms with Crippen LogP contribution in [-0.4, -0.2) is 31.0 Å². The number of aryl methyl sites for hydroxylation is 1. The van der Waals surface area contributed by atoms with Gasteiger partial charge in [0.2, 0.25) is 5.91 Å². The predicted octanol–water partition coefficient (Wildman–Crippen LogP) is 1.21. The van der Waals surface area contributed by atoms with Crippen LogP contribution >= 0.6 is 0 Å². The van der Waals surface area contributed by atoms with Crippen LogP contribution in [0.4, 0.5) is 0 Å². The predicted molar refractivity (Wildman–Crippen MR) is 83.7 cm³/mol. The van der Waals surface area contributed by atoms with Crippen LogP contribution in [0, 0.1) is 6.92 Å². The molecular weight excluding hydrogens is 300 g/mol. The second-order valence-corrected chi connectivity index (χ2v) is 5.35. The summed E-state index contributed by atoms with van der Waals surface area (Å²) in [5.41, 5.74) is 6.47. The van der Waals surface area contributed by atoms with Crippen LogP contribution in [-0.2, 0) is 19.1 Å². The van der Waals surface area contributed by atoms with Crippen molar-refractivity contribution in [2.45, 2.75) is 33.6 Å². The van der Waals surface area contributed by atoms with E-state index in [1.54, 1.807) is 6.07 Å². The lowest BCUT2D eigenvalue weighted by molar-refractivity contribution is -0.150. The number of esters is 1. The van der Waals surface area contributed by atoms with Gasteiger partial charge in [-0.3, -0.25) is 20.4 Å². The van der Waals surface area contributed by atoms with E-state index in [-0.39, 0.29) is 6.61 Å². The standard InChI is InChI=1S/C16H22N2O5/c1-10(2)14-6-5-13(7-11(14)3)22-9-16(21)23-8-15(20)18-17-12(4)19/h5-7,10H,8-9H2,1-4H3,(H,17,19)(H,18,20). The Kier molecular flexibility index (Phi) is 7.05. The molecule has 0 aromatic heterocycles. The second-order valence-electron chi connectivity index (χ2n) is 5.35. The van der Waals surface area contributed by atoms with Crippen molar-refractivity contribution in [3.8, 4) is 5.75 Å². The summed E-state index contributed by atoms with van der Waals surface area (Å²) >= 11 is 0. The average Bonchev–Trinajstić information content (AvgIpc) is 2.48. The number of rotatable bonds is 6. The summed E-state index contributed by atoms with van der Waals surface area (Å²) in [6.45, 7) is 6.64. The normalized spacial score (nSPS) is 10.1. The highest BCUT2D eigenvalue weighted by Crippen LogP contribution is 2.23. The van der Waals surface area contributed by atoms with Gasteiger partial charge in [0, 0.05) is 6.92 Å². The summed E-state index contributed by atoms with van der Waals surface area (Å²) in [5.74, 6) is -0.754. The Morgan fingerprint density at radius 3 is 2.39 bits per heavy atom. The van der Waals surface area contributed by atoms with E-state index in [1.165, 1.54) is 12.5 Å². The number of carbonyl (C=O) groups excluding carboxylic acids is 3. The van der Waals surface area contributed by atoms with Crippen molar-refractivity contribution in [2.75, 3.05) is 13.2 Å². The Labute approximate surface area is 135 Å². The monoisotopic (exact) mass is 322 g/mol. The molecule has 7 heteroatoms. The fourth-order valence-corrected chi connectivity index (χ4v) is 1.91. The van der Waals surface area contributed by atoms with Gasteiger partial charge in [0.25, 0.3) is 5.91 Å². The number of hydrogen-bond acceptors (Lipinski definition) is 5. The van der Waals surface area contributed by atoms with Crippen molar-refractivity contribution in [1.82, 2.24) is 10.9 Å². The van der Waals surface area contributed by atoms with Gasteiger partial charge in [-0.15, -0.1) is 0 Å². The van der Waals surface area contributed by atoms with Crippen LogP contribution in [0.3, 0.4) is 0 Å². The summed E-state index contributed by atoms with van der Waals surface area (Å²) < 4.78 is 10.1. The van der Waals surface area contributed by atoms with E-state index in [9.17, 15) is 14.4 Å². The van der Waals surface area contributed by atoms with Crippen LogP contribution < -0.4 is 15.6 Å². The Morgan fingerprint density at radius 1 is 1.13 bits per heavy atom. The van der Waals surface area contributed by atoms with E-state index in [0.717, 1.165) is 5.56 Å². The Hall–Kier alpha value is -2.57. The summed E-state index contributed by atoms with van der Waals surface area (Å²) in [6.07, 6.45) is 0. The Balaban J connectivity index is 2.37. The largest absolute Gasteiger partial charge is 0.482 e. The molecule has 0 atom stereocenters. The first-order chi connectivity index (χ1) is 10.8. The highest BCUT2D eigenvalue weighted by atomic mass is 16.6. The molecule has 0 heterocycles. The molecule has 0 aliphatic rings.